The lowest BCUT2D eigenvalue weighted by atomic mass is 10.1. The Labute approximate surface area is 152 Å². The molecule has 2 N–H and O–H groups in total. The average Bonchev–Trinajstić information content (AvgIpc) is 2.64. The Balaban J connectivity index is 1.75. The van der Waals surface area contributed by atoms with Crippen LogP contribution in [0.4, 0.5) is 23.0 Å². The molecule has 0 amide bonds. The van der Waals surface area contributed by atoms with E-state index in [1.54, 1.807) is 19.1 Å². The van der Waals surface area contributed by atoms with Gasteiger partial charge in [0.1, 0.15) is 23.7 Å². The van der Waals surface area contributed by atoms with Crippen LogP contribution in [0.3, 0.4) is 0 Å². The SMILES string of the molecule is CCOc1ccccc1Nc1cc(Nc2ccc(C(C)=O)cc2)ncn1. The fourth-order valence-electron chi connectivity index (χ4n) is 2.42. The van der Waals surface area contributed by atoms with Crippen LogP contribution in [-0.4, -0.2) is 22.4 Å². The summed E-state index contributed by atoms with van der Waals surface area (Å²) in [6.07, 6.45) is 1.48. The minimum Gasteiger partial charge on any atom is -0.492 e. The highest BCUT2D eigenvalue weighted by Gasteiger charge is 2.05. The van der Waals surface area contributed by atoms with Crippen molar-refractivity contribution < 1.29 is 9.53 Å². The van der Waals surface area contributed by atoms with Gasteiger partial charge in [-0.1, -0.05) is 12.1 Å². The van der Waals surface area contributed by atoms with Gasteiger partial charge in [0.15, 0.2) is 5.78 Å². The zero-order valence-electron chi connectivity index (χ0n) is 14.7. The molecule has 2 aromatic carbocycles. The van der Waals surface area contributed by atoms with Crippen molar-refractivity contribution in [3.05, 3.63) is 66.5 Å². The number of Topliss-reactive ketones (excluding diaryl/α,β-unsaturated/α-hetero) is 1. The number of rotatable bonds is 7. The summed E-state index contributed by atoms with van der Waals surface area (Å²) < 4.78 is 5.62. The number of ketones is 1. The lowest BCUT2D eigenvalue weighted by molar-refractivity contribution is 0.101. The van der Waals surface area contributed by atoms with Crippen LogP contribution in [0.15, 0.2) is 60.9 Å². The van der Waals surface area contributed by atoms with Gasteiger partial charge in [-0.15, -0.1) is 0 Å². The molecule has 0 bridgehead atoms. The largest absolute Gasteiger partial charge is 0.492 e. The van der Waals surface area contributed by atoms with E-state index in [0.29, 0.717) is 23.8 Å². The molecule has 0 spiro atoms. The van der Waals surface area contributed by atoms with Gasteiger partial charge >= 0.3 is 0 Å². The number of nitrogens with zero attached hydrogens (tertiary/aromatic N) is 2. The Kier molecular flexibility index (Phi) is 5.43. The van der Waals surface area contributed by atoms with Crippen molar-refractivity contribution in [1.29, 1.82) is 0 Å². The molecule has 3 aromatic rings. The van der Waals surface area contributed by atoms with E-state index in [-0.39, 0.29) is 5.78 Å². The Hall–Kier alpha value is -3.41. The van der Waals surface area contributed by atoms with Gasteiger partial charge in [0.05, 0.1) is 12.3 Å². The zero-order chi connectivity index (χ0) is 18.4. The Bertz CT molecular complexity index is 894. The molecule has 1 heterocycles. The summed E-state index contributed by atoms with van der Waals surface area (Å²) in [6, 6.07) is 16.8. The van der Waals surface area contributed by atoms with Crippen LogP contribution in [0.5, 0.6) is 5.75 Å². The smallest absolute Gasteiger partial charge is 0.159 e. The lowest BCUT2D eigenvalue weighted by Gasteiger charge is -2.12. The number of benzene rings is 2. The molecule has 6 nitrogen and oxygen atoms in total. The number of para-hydroxylation sites is 2. The highest BCUT2D eigenvalue weighted by atomic mass is 16.5. The second kappa shape index (κ2) is 8.11. The number of nitrogens with one attached hydrogen (secondary N) is 2. The van der Waals surface area contributed by atoms with Crippen molar-refractivity contribution in [1.82, 2.24) is 9.97 Å². The molecule has 0 aliphatic heterocycles. The first-order chi connectivity index (χ1) is 12.7. The molecule has 3 rings (SSSR count). The van der Waals surface area contributed by atoms with Crippen molar-refractivity contribution in [3.8, 4) is 5.75 Å². The molecule has 6 heteroatoms. The molecule has 0 atom stereocenters. The second-order valence-corrected chi connectivity index (χ2v) is 5.60. The van der Waals surface area contributed by atoms with Crippen LogP contribution in [-0.2, 0) is 0 Å². The number of aromatic nitrogens is 2. The van der Waals surface area contributed by atoms with E-state index >= 15 is 0 Å². The maximum absolute atomic E-state index is 11.3. The number of carbonyl (C=O) groups excluding carboxylic acids is 1. The monoisotopic (exact) mass is 348 g/mol. The van der Waals surface area contributed by atoms with Crippen molar-refractivity contribution >= 4 is 28.8 Å². The summed E-state index contributed by atoms with van der Waals surface area (Å²) in [7, 11) is 0. The molecular formula is C20H20N4O2. The van der Waals surface area contributed by atoms with Gasteiger partial charge < -0.3 is 15.4 Å². The van der Waals surface area contributed by atoms with E-state index in [9.17, 15) is 4.79 Å². The summed E-state index contributed by atoms with van der Waals surface area (Å²) in [5.74, 6) is 2.10. The van der Waals surface area contributed by atoms with Gasteiger partial charge in [0.25, 0.3) is 0 Å². The van der Waals surface area contributed by atoms with E-state index in [2.05, 4.69) is 20.6 Å². The first kappa shape index (κ1) is 17.4. The van der Waals surface area contributed by atoms with E-state index < -0.39 is 0 Å². The van der Waals surface area contributed by atoms with Gasteiger partial charge in [-0.3, -0.25) is 4.79 Å². The molecule has 0 radical (unpaired) electrons. The minimum absolute atomic E-state index is 0.0398. The fraction of sp³-hybridized carbons (Fsp3) is 0.150. The molecule has 1 aromatic heterocycles. The number of anilines is 4. The fourth-order valence-corrected chi connectivity index (χ4v) is 2.42. The zero-order valence-corrected chi connectivity index (χ0v) is 14.7. The number of carbonyl (C=O) groups is 1. The van der Waals surface area contributed by atoms with Crippen LogP contribution >= 0.6 is 0 Å². The van der Waals surface area contributed by atoms with Crippen LogP contribution in [0.25, 0.3) is 0 Å². The van der Waals surface area contributed by atoms with Gasteiger partial charge in [-0.25, -0.2) is 9.97 Å². The van der Waals surface area contributed by atoms with E-state index in [0.717, 1.165) is 17.1 Å². The number of hydrogen-bond donors (Lipinski definition) is 2. The van der Waals surface area contributed by atoms with Crippen molar-refractivity contribution in [2.45, 2.75) is 13.8 Å². The van der Waals surface area contributed by atoms with Gasteiger partial charge in [-0.2, -0.15) is 0 Å². The highest BCUT2D eigenvalue weighted by molar-refractivity contribution is 5.94. The first-order valence-electron chi connectivity index (χ1n) is 8.34. The Morgan fingerprint density at radius 2 is 1.69 bits per heavy atom. The summed E-state index contributed by atoms with van der Waals surface area (Å²) >= 11 is 0. The summed E-state index contributed by atoms with van der Waals surface area (Å²) in [6.45, 7) is 4.08. The third kappa shape index (κ3) is 4.36. The van der Waals surface area contributed by atoms with E-state index in [1.165, 1.54) is 6.33 Å². The maximum Gasteiger partial charge on any atom is 0.159 e. The number of hydrogen-bond acceptors (Lipinski definition) is 6. The van der Waals surface area contributed by atoms with Crippen molar-refractivity contribution in [3.63, 3.8) is 0 Å². The lowest BCUT2D eigenvalue weighted by Crippen LogP contribution is -2.01. The number of ether oxygens (including phenoxy) is 1. The normalized spacial score (nSPS) is 10.2. The molecule has 0 saturated carbocycles. The van der Waals surface area contributed by atoms with Crippen molar-refractivity contribution in [2.24, 2.45) is 0 Å². The van der Waals surface area contributed by atoms with Crippen LogP contribution in [0, 0.1) is 0 Å². The van der Waals surface area contributed by atoms with Crippen LogP contribution in [0.2, 0.25) is 0 Å². The molecule has 0 unspecified atom stereocenters. The summed E-state index contributed by atoms with van der Waals surface area (Å²) in [4.78, 5) is 19.8. The second-order valence-electron chi connectivity index (χ2n) is 5.60. The van der Waals surface area contributed by atoms with Crippen LogP contribution < -0.4 is 15.4 Å². The highest BCUT2D eigenvalue weighted by Crippen LogP contribution is 2.27. The predicted octanol–water partition coefficient (Wildman–Crippen LogP) is 4.57. The molecule has 132 valence electrons. The molecule has 26 heavy (non-hydrogen) atoms. The van der Waals surface area contributed by atoms with E-state index in [4.69, 9.17) is 4.74 Å². The summed E-state index contributed by atoms with van der Waals surface area (Å²) in [5.41, 5.74) is 2.35. The summed E-state index contributed by atoms with van der Waals surface area (Å²) in [5, 5.41) is 6.45. The van der Waals surface area contributed by atoms with Gasteiger partial charge in [0.2, 0.25) is 0 Å². The Morgan fingerprint density at radius 3 is 2.38 bits per heavy atom. The average molecular weight is 348 g/mol. The molecule has 0 saturated heterocycles. The first-order valence-corrected chi connectivity index (χ1v) is 8.34. The van der Waals surface area contributed by atoms with E-state index in [1.807, 2.05) is 49.4 Å². The third-order valence-corrected chi connectivity index (χ3v) is 3.68. The quantitative estimate of drug-likeness (QED) is 0.609. The minimum atomic E-state index is 0.0398. The van der Waals surface area contributed by atoms with Crippen molar-refractivity contribution in [2.75, 3.05) is 17.2 Å². The molecular weight excluding hydrogens is 328 g/mol. The molecule has 0 aliphatic rings. The maximum atomic E-state index is 11.3. The van der Waals surface area contributed by atoms with Gasteiger partial charge in [0, 0.05) is 17.3 Å². The van der Waals surface area contributed by atoms with Gasteiger partial charge in [-0.05, 0) is 50.2 Å². The molecule has 0 aliphatic carbocycles. The third-order valence-electron chi connectivity index (χ3n) is 3.68. The predicted molar refractivity (Wildman–Crippen MR) is 103 cm³/mol. The topological polar surface area (TPSA) is 76.1 Å². The standard InChI is InChI=1S/C20H20N4O2/c1-3-26-18-7-5-4-6-17(18)24-20-12-19(21-13-22-20)23-16-10-8-15(9-11-16)14(2)25/h4-13H,3H2,1-2H3,(H2,21,22,23,24). The molecule has 0 fully saturated rings. The Morgan fingerprint density at radius 1 is 1.00 bits per heavy atom. The van der Waals surface area contributed by atoms with Crippen LogP contribution in [0.1, 0.15) is 24.2 Å².